The summed E-state index contributed by atoms with van der Waals surface area (Å²) in [6.45, 7) is -0.132. The second kappa shape index (κ2) is 8.50. The first-order chi connectivity index (χ1) is 11.1. The smallest absolute Gasteiger partial charge is 0.161 e. The van der Waals surface area contributed by atoms with Crippen LogP contribution in [0.4, 0.5) is 4.39 Å². The fourth-order valence-electron chi connectivity index (χ4n) is 2.18. The molecule has 1 atom stereocenters. The molecule has 124 valence electrons. The van der Waals surface area contributed by atoms with Gasteiger partial charge in [-0.15, -0.1) is 0 Å². The summed E-state index contributed by atoms with van der Waals surface area (Å²) in [5, 5.41) is 18.2. The Morgan fingerprint density at radius 3 is 2.61 bits per heavy atom. The first-order valence-electron chi connectivity index (χ1n) is 7.46. The summed E-state index contributed by atoms with van der Waals surface area (Å²) >= 11 is 0. The van der Waals surface area contributed by atoms with Crippen molar-refractivity contribution < 1.29 is 24.1 Å². The number of methoxy groups -OCH3 is 1. The van der Waals surface area contributed by atoms with E-state index in [2.05, 4.69) is 0 Å². The minimum Gasteiger partial charge on any atom is -0.493 e. The molecule has 5 heteroatoms. The standard InChI is InChI=1S/C18H21FO4/c1-22-18-10-13(6-8-15(21)11-20)7-9-17(18)23-12-14-4-2-3-5-16(14)19/h2-5,7,9-10,15,20-21H,6,8,11-12H2,1H3. The number of ether oxygens (including phenoxy) is 2. The fraction of sp³-hybridized carbons (Fsp3) is 0.333. The van der Waals surface area contributed by atoms with Gasteiger partial charge in [0.2, 0.25) is 0 Å². The third-order valence-electron chi connectivity index (χ3n) is 3.55. The molecule has 0 bridgehead atoms. The lowest BCUT2D eigenvalue weighted by Crippen LogP contribution is -2.12. The van der Waals surface area contributed by atoms with E-state index in [1.807, 2.05) is 12.1 Å². The largest absolute Gasteiger partial charge is 0.493 e. The van der Waals surface area contributed by atoms with Gasteiger partial charge < -0.3 is 19.7 Å². The number of aliphatic hydroxyl groups is 2. The highest BCUT2D eigenvalue weighted by Crippen LogP contribution is 2.29. The normalized spacial score (nSPS) is 12.0. The summed E-state index contributed by atoms with van der Waals surface area (Å²) < 4.78 is 24.5. The zero-order valence-electron chi connectivity index (χ0n) is 13.0. The van der Waals surface area contributed by atoms with Crippen LogP contribution in [0.1, 0.15) is 17.5 Å². The highest BCUT2D eigenvalue weighted by molar-refractivity contribution is 5.43. The first kappa shape index (κ1) is 17.2. The van der Waals surface area contributed by atoms with E-state index in [-0.39, 0.29) is 19.0 Å². The van der Waals surface area contributed by atoms with Crippen molar-refractivity contribution in [3.05, 3.63) is 59.4 Å². The van der Waals surface area contributed by atoms with Crippen molar-refractivity contribution in [2.75, 3.05) is 13.7 Å². The van der Waals surface area contributed by atoms with E-state index in [1.165, 1.54) is 13.2 Å². The molecule has 0 heterocycles. The Morgan fingerprint density at radius 2 is 1.91 bits per heavy atom. The van der Waals surface area contributed by atoms with Gasteiger partial charge in [-0.25, -0.2) is 4.39 Å². The summed E-state index contributed by atoms with van der Waals surface area (Å²) in [6, 6.07) is 11.9. The van der Waals surface area contributed by atoms with E-state index in [0.29, 0.717) is 29.9 Å². The maximum atomic E-state index is 13.6. The highest BCUT2D eigenvalue weighted by Gasteiger charge is 2.09. The number of aryl methyl sites for hydroxylation is 1. The van der Waals surface area contributed by atoms with Crippen LogP contribution in [-0.4, -0.2) is 30.0 Å². The van der Waals surface area contributed by atoms with Crippen molar-refractivity contribution in [1.82, 2.24) is 0 Å². The van der Waals surface area contributed by atoms with E-state index in [1.54, 1.807) is 24.3 Å². The molecule has 0 amide bonds. The van der Waals surface area contributed by atoms with Crippen molar-refractivity contribution in [3.8, 4) is 11.5 Å². The molecule has 0 aliphatic heterocycles. The number of hydrogen-bond donors (Lipinski definition) is 2. The van der Waals surface area contributed by atoms with Gasteiger partial charge in [-0.3, -0.25) is 0 Å². The van der Waals surface area contributed by atoms with Crippen LogP contribution in [0.2, 0.25) is 0 Å². The molecular formula is C18H21FO4. The monoisotopic (exact) mass is 320 g/mol. The summed E-state index contributed by atoms with van der Waals surface area (Å²) in [6.07, 6.45) is 0.360. The van der Waals surface area contributed by atoms with Gasteiger partial charge in [0.1, 0.15) is 12.4 Å². The molecule has 4 nitrogen and oxygen atoms in total. The van der Waals surface area contributed by atoms with Crippen molar-refractivity contribution in [3.63, 3.8) is 0 Å². The minimum atomic E-state index is -0.724. The molecule has 23 heavy (non-hydrogen) atoms. The Morgan fingerprint density at radius 1 is 1.13 bits per heavy atom. The van der Waals surface area contributed by atoms with Gasteiger partial charge in [0, 0.05) is 5.56 Å². The van der Waals surface area contributed by atoms with Gasteiger partial charge in [-0.1, -0.05) is 24.3 Å². The van der Waals surface area contributed by atoms with Gasteiger partial charge >= 0.3 is 0 Å². The molecule has 2 N–H and O–H groups in total. The summed E-state index contributed by atoms with van der Waals surface area (Å²) in [5.41, 5.74) is 1.44. The average molecular weight is 320 g/mol. The Hall–Kier alpha value is -2.11. The molecule has 0 aliphatic rings. The van der Waals surface area contributed by atoms with Crippen molar-refractivity contribution in [2.24, 2.45) is 0 Å². The van der Waals surface area contributed by atoms with Gasteiger partial charge in [-0.2, -0.15) is 0 Å². The van der Waals surface area contributed by atoms with Gasteiger partial charge in [-0.05, 0) is 36.6 Å². The van der Waals surface area contributed by atoms with Crippen molar-refractivity contribution >= 4 is 0 Å². The molecule has 0 saturated carbocycles. The predicted octanol–water partition coefficient (Wildman–Crippen LogP) is 2.70. The summed E-state index contributed by atoms with van der Waals surface area (Å²) in [5.74, 6) is 0.778. The van der Waals surface area contributed by atoms with Gasteiger partial charge in [0.15, 0.2) is 11.5 Å². The Labute approximate surface area is 135 Å². The Bertz CT molecular complexity index is 630. The molecule has 2 aromatic carbocycles. The number of aliphatic hydroxyl groups excluding tert-OH is 2. The lowest BCUT2D eigenvalue weighted by molar-refractivity contribution is 0.0885. The third kappa shape index (κ3) is 4.94. The van der Waals surface area contributed by atoms with Crippen LogP contribution in [0.3, 0.4) is 0 Å². The molecule has 0 radical (unpaired) electrons. The quantitative estimate of drug-likeness (QED) is 0.785. The molecule has 2 aromatic rings. The van der Waals surface area contributed by atoms with E-state index < -0.39 is 6.10 Å². The molecule has 2 rings (SSSR count). The molecule has 0 aromatic heterocycles. The van der Waals surface area contributed by atoms with E-state index in [9.17, 15) is 9.50 Å². The Balaban J connectivity index is 2.03. The van der Waals surface area contributed by atoms with E-state index in [0.717, 1.165) is 5.56 Å². The average Bonchev–Trinajstić information content (AvgIpc) is 2.59. The lowest BCUT2D eigenvalue weighted by atomic mass is 10.1. The number of halogens is 1. The van der Waals surface area contributed by atoms with Crippen LogP contribution in [0.15, 0.2) is 42.5 Å². The topological polar surface area (TPSA) is 58.9 Å². The summed E-state index contributed by atoms with van der Waals surface area (Å²) in [4.78, 5) is 0. The highest BCUT2D eigenvalue weighted by atomic mass is 19.1. The number of hydrogen-bond acceptors (Lipinski definition) is 4. The molecular weight excluding hydrogens is 299 g/mol. The van der Waals surface area contributed by atoms with Crippen LogP contribution in [0.5, 0.6) is 11.5 Å². The van der Waals surface area contributed by atoms with Crippen molar-refractivity contribution in [1.29, 1.82) is 0 Å². The molecule has 1 unspecified atom stereocenters. The SMILES string of the molecule is COc1cc(CCC(O)CO)ccc1OCc1ccccc1F. The maximum absolute atomic E-state index is 13.6. The van der Waals surface area contributed by atoms with Crippen LogP contribution in [0.25, 0.3) is 0 Å². The van der Waals surface area contributed by atoms with Crippen LogP contribution in [-0.2, 0) is 13.0 Å². The second-order valence-electron chi connectivity index (χ2n) is 5.24. The van der Waals surface area contributed by atoms with Crippen LogP contribution >= 0.6 is 0 Å². The van der Waals surface area contributed by atoms with Crippen LogP contribution in [0, 0.1) is 5.82 Å². The molecule has 0 fully saturated rings. The number of rotatable bonds is 8. The first-order valence-corrected chi connectivity index (χ1v) is 7.46. The van der Waals surface area contributed by atoms with E-state index in [4.69, 9.17) is 14.6 Å². The number of benzene rings is 2. The molecule has 0 spiro atoms. The summed E-state index contributed by atoms with van der Waals surface area (Å²) in [7, 11) is 1.54. The Kier molecular flexibility index (Phi) is 6.38. The zero-order valence-corrected chi connectivity index (χ0v) is 13.0. The van der Waals surface area contributed by atoms with Crippen molar-refractivity contribution in [2.45, 2.75) is 25.6 Å². The maximum Gasteiger partial charge on any atom is 0.161 e. The fourth-order valence-corrected chi connectivity index (χ4v) is 2.18. The predicted molar refractivity (Wildman–Crippen MR) is 85.1 cm³/mol. The van der Waals surface area contributed by atoms with Gasteiger partial charge in [0.05, 0.1) is 19.8 Å². The molecule has 0 saturated heterocycles. The third-order valence-corrected chi connectivity index (χ3v) is 3.55. The second-order valence-corrected chi connectivity index (χ2v) is 5.24. The lowest BCUT2D eigenvalue weighted by Gasteiger charge is -2.13. The molecule has 0 aliphatic carbocycles. The van der Waals surface area contributed by atoms with Gasteiger partial charge in [0.25, 0.3) is 0 Å². The van der Waals surface area contributed by atoms with Crippen LogP contribution < -0.4 is 9.47 Å². The minimum absolute atomic E-state index is 0.117. The zero-order chi connectivity index (χ0) is 16.7. The van der Waals surface area contributed by atoms with E-state index >= 15 is 0 Å².